The smallest absolute Gasteiger partial charge is 0.257 e. The molecule has 8 nitrogen and oxygen atoms in total. The van der Waals surface area contributed by atoms with Crippen LogP contribution in [-0.4, -0.2) is 55.6 Å². The molecule has 0 radical (unpaired) electrons. The maximum Gasteiger partial charge on any atom is 0.257 e. The Labute approximate surface area is 153 Å². The first-order chi connectivity index (χ1) is 12.6. The van der Waals surface area contributed by atoms with Gasteiger partial charge >= 0.3 is 0 Å². The van der Waals surface area contributed by atoms with Crippen LogP contribution in [0.2, 0.25) is 0 Å². The van der Waals surface area contributed by atoms with Crippen LogP contribution in [0.4, 0.5) is 5.95 Å². The molecule has 0 unspecified atom stereocenters. The third kappa shape index (κ3) is 3.15. The second-order valence-electron chi connectivity index (χ2n) is 7.15. The molecule has 4 rings (SSSR count). The first kappa shape index (κ1) is 16.9. The Hall–Kier alpha value is -2.51. The van der Waals surface area contributed by atoms with Crippen molar-refractivity contribution in [3.63, 3.8) is 0 Å². The molecule has 0 aliphatic carbocycles. The number of carbonyl (C=O) groups is 1. The van der Waals surface area contributed by atoms with E-state index in [9.17, 15) is 4.79 Å². The normalized spacial score (nSPS) is 20.6. The summed E-state index contributed by atoms with van der Waals surface area (Å²) < 4.78 is 0. The molecule has 2 fully saturated rings. The number of nitrogens with zero attached hydrogens (tertiary/aromatic N) is 6. The average molecular weight is 355 g/mol. The third-order valence-electron chi connectivity index (χ3n) is 5.26. The van der Waals surface area contributed by atoms with Crippen molar-refractivity contribution in [3.05, 3.63) is 29.1 Å². The number of rotatable bonds is 3. The van der Waals surface area contributed by atoms with Crippen LogP contribution >= 0.6 is 0 Å². The number of nitrogens with one attached hydrogen (secondary N) is 1. The summed E-state index contributed by atoms with van der Waals surface area (Å²) in [7, 11) is 0. The molecule has 1 atom stereocenters. The van der Waals surface area contributed by atoms with Crippen LogP contribution in [-0.2, 0) is 0 Å². The van der Waals surface area contributed by atoms with E-state index in [2.05, 4.69) is 30.0 Å². The van der Waals surface area contributed by atoms with E-state index in [1.165, 1.54) is 19.3 Å². The summed E-state index contributed by atoms with van der Waals surface area (Å²) in [4.78, 5) is 30.7. The van der Waals surface area contributed by atoms with Crippen LogP contribution in [0.1, 0.15) is 65.8 Å². The summed E-state index contributed by atoms with van der Waals surface area (Å²) in [6, 6.07) is -0.0754. The Morgan fingerprint density at radius 2 is 1.92 bits per heavy atom. The van der Waals surface area contributed by atoms with E-state index < -0.39 is 0 Å². The Bertz CT molecular complexity index is 797. The van der Waals surface area contributed by atoms with E-state index in [0.717, 1.165) is 43.4 Å². The minimum atomic E-state index is -0.0754. The number of aryl methyl sites for hydroxylation is 2. The van der Waals surface area contributed by atoms with E-state index in [1.807, 2.05) is 18.7 Å². The zero-order chi connectivity index (χ0) is 18.1. The molecule has 0 saturated carbocycles. The Kier molecular flexibility index (Phi) is 4.57. The van der Waals surface area contributed by atoms with Crippen LogP contribution in [0.3, 0.4) is 0 Å². The van der Waals surface area contributed by atoms with Crippen LogP contribution in [0.15, 0.2) is 6.20 Å². The molecule has 138 valence electrons. The molecule has 2 aliphatic rings. The number of aromatic nitrogens is 5. The summed E-state index contributed by atoms with van der Waals surface area (Å²) in [6.07, 6.45) is 7.14. The van der Waals surface area contributed by atoms with Gasteiger partial charge in [-0.25, -0.2) is 15.0 Å². The average Bonchev–Trinajstić information content (AvgIpc) is 3.30. The molecule has 2 saturated heterocycles. The van der Waals surface area contributed by atoms with Crippen molar-refractivity contribution in [1.29, 1.82) is 0 Å². The van der Waals surface area contributed by atoms with Crippen molar-refractivity contribution >= 4 is 11.9 Å². The molecule has 2 aromatic rings. The number of likely N-dealkylation sites (tertiary alicyclic amines) is 1. The van der Waals surface area contributed by atoms with E-state index in [4.69, 9.17) is 0 Å². The highest BCUT2D eigenvalue weighted by Crippen LogP contribution is 2.31. The zero-order valence-electron chi connectivity index (χ0n) is 15.4. The molecule has 0 bridgehead atoms. The summed E-state index contributed by atoms with van der Waals surface area (Å²) >= 11 is 0. The fourth-order valence-electron chi connectivity index (χ4n) is 3.85. The number of H-pyrrole nitrogens is 1. The standard InChI is InChI=1S/C18H25N7O/c1-12-14(11-19-18(20-12)24-8-4-3-5-9-24)17(26)25-10-6-7-15(25)16-21-13(2)22-23-16/h11,15H,3-10H2,1-2H3,(H,21,22,23)/t15-/m0/s1. The second kappa shape index (κ2) is 7.01. The van der Waals surface area contributed by atoms with E-state index in [-0.39, 0.29) is 11.9 Å². The SMILES string of the molecule is Cc1nc([C@@H]2CCCN2C(=O)c2cnc(N3CCCCC3)nc2C)n[nH]1. The molecule has 8 heteroatoms. The summed E-state index contributed by atoms with van der Waals surface area (Å²) in [6.45, 7) is 6.46. The largest absolute Gasteiger partial charge is 0.341 e. The molecule has 4 heterocycles. The maximum absolute atomic E-state index is 13.1. The molecule has 0 spiro atoms. The molecule has 2 aliphatic heterocycles. The fourth-order valence-corrected chi connectivity index (χ4v) is 3.85. The van der Waals surface area contributed by atoms with Gasteiger partial charge in [0.25, 0.3) is 5.91 Å². The molecule has 1 N–H and O–H groups in total. The highest BCUT2D eigenvalue weighted by atomic mass is 16.2. The monoisotopic (exact) mass is 355 g/mol. The number of aromatic amines is 1. The van der Waals surface area contributed by atoms with Gasteiger partial charge in [0.2, 0.25) is 5.95 Å². The number of amides is 1. The van der Waals surface area contributed by atoms with Gasteiger partial charge in [0.05, 0.1) is 17.3 Å². The van der Waals surface area contributed by atoms with Crippen molar-refractivity contribution in [2.75, 3.05) is 24.5 Å². The van der Waals surface area contributed by atoms with Gasteiger partial charge in [-0.15, -0.1) is 0 Å². The van der Waals surface area contributed by atoms with Gasteiger partial charge in [-0.3, -0.25) is 9.89 Å². The van der Waals surface area contributed by atoms with Gasteiger partial charge in [0.15, 0.2) is 5.82 Å². The number of anilines is 1. The summed E-state index contributed by atoms with van der Waals surface area (Å²) in [5.41, 5.74) is 1.31. The summed E-state index contributed by atoms with van der Waals surface area (Å²) in [5.74, 6) is 2.17. The predicted octanol–water partition coefficient (Wildman–Crippen LogP) is 2.18. The van der Waals surface area contributed by atoms with E-state index in [0.29, 0.717) is 17.9 Å². The highest BCUT2D eigenvalue weighted by Gasteiger charge is 2.34. The van der Waals surface area contributed by atoms with Crippen LogP contribution in [0, 0.1) is 13.8 Å². The first-order valence-electron chi connectivity index (χ1n) is 9.42. The van der Waals surface area contributed by atoms with Gasteiger partial charge in [-0.1, -0.05) is 0 Å². The molecular formula is C18H25N7O. The number of hydrogen-bond donors (Lipinski definition) is 1. The van der Waals surface area contributed by atoms with Gasteiger partial charge in [-0.05, 0) is 46.0 Å². The molecule has 2 aromatic heterocycles. The van der Waals surface area contributed by atoms with Gasteiger partial charge in [-0.2, -0.15) is 5.10 Å². The predicted molar refractivity (Wildman–Crippen MR) is 97.0 cm³/mol. The molecule has 0 aromatic carbocycles. The second-order valence-corrected chi connectivity index (χ2v) is 7.15. The molecule has 1 amide bonds. The fraction of sp³-hybridized carbons (Fsp3) is 0.611. The number of carbonyl (C=O) groups excluding carboxylic acids is 1. The Morgan fingerprint density at radius 1 is 1.12 bits per heavy atom. The minimum absolute atomic E-state index is 0.0300. The third-order valence-corrected chi connectivity index (χ3v) is 5.26. The Morgan fingerprint density at radius 3 is 2.62 bits per heavy atom. The lowest BCUT2D eigenvalue weighted by Gasteiger charge is -2.27. The van der Waals surface area contributed by atoms with Crippen molar-refractivity contribution in [1.82, 2.24) is 30.0 Å². The van der Waals surface area contributed by atoms with Gasteiger partial charge in [0, 0.05) is 25.8 Å². The lowest BCUT2D eigenvalue weighted by atomic mass is 10.1. The van der Waals surface area contributed by atoms with Crippen molar-refractivity contribution < 1.29 is 4.79 Å². The minimum Gasteiger partial charge on any atom is -0.341 e. The van der Waals surface area contributed by atoms with Crippen LogP contribution in [0.25, 0.3) is 0 Å². The lowest BCUT2D eigenvalue weighted by Crippen LogP contribution is -2.33. The zero-order valence-corrected chi connectivity index (χ0v) is 15.4. The van der Waals surface area contributed by atoms with Gasteiger partial charge in [0.1, 0.15) is 5.82 Å². The summed E-state index contributed by atoms with van der Waals surface area (Å²) in [5, 5.41) is 7.12. The quantitative estimate of drug-likeness (QED) is 0.907. The van der Waals surface area contributed by atoms with Crippen molar-refractivity contribution in [2.45, 2.75) is 52.0 Å². The number of piperidine rings is 1. The van der Waals surface area contributed by atoms with Gasteiger partial charge < -0.3 is 9.80 Å². The maximum atomic E-state index is 13.1. The number of hydrogen-bond acceptors (Lipinski definition) is 6. The molecule has 26 heavy (non-hydrogen) atoms. The highest BCUT2D eigenvalue weighted by molar-refractivity contribution is 5.95. The first-order valence-corrected chi connectivity index (χ1v) is 9.42. The van der Waals surface area contributed by atoms with Crippen molar-refractivity contribution in [2.24, 2.45) is 0 Å². The molecular weight excluding hydrogens is 330 g/mol. The topological polar surface area (TPSA) is 90.9 Å². The van der Waals surface area contributed by atoms with E-state index >= 15 is 0 Å². The van der Waals surface area contributed by atoms with Crippen LogP contribution < -0.4 is 4.90 Å². The van der Waals surface area contributed by atoms with Crippen LogP contribution in [0.5, 0.6) is 0 Å². The van der Waals surface area contributed by atoms with E-state index in [1.54, 1.807) is 6.20 Å². The Balaban J connectivity index is 1.55. The lowest BCUT2D eigenvalue weighted by molar-refractivity contribution is 0.0728. The van der Waals surface area contributed by atoms with Crippen molar-refractivity contribution in [3.8, 4) is 0 Å².